The van der Waals surface area contributed by atoms with Gasteiger partial charge in [0.15, 0.2) is 0 Å². The summed E-state index contributed by atoms with van der Waals surface area (Å²) in [6.45, 7) is 0.208. The van der Waals surface area contributed by atoms with Crippen molar-refractivity contribution in [2.24, 2.45) is 0 Å². The molecule has 0 unspecified atom stereocenters. The van der Waals surface area contributed by atoms with Gasteiger partial charge in [-0.1, -0.05) is 52.3 Å². The molecule has 0 bridgehead atoms. The maximum absolute atomic E-state index is 13.7. The van der Waals surface area contributed by atoms with Crippen LogP contribution in [0.1, 0.15) is 5.56 Å². The topological polar surface area (TPSA) is 9.23 Å². The van der Waals surface area contributed by atoms with E-state index < -0.39 is 0 Å². The predicted molar refractivity (Wildman–Crippen MR) is 82.4 cm³/mol. The van der Waals surface area contributed by atoms with Gasteiger partial charge in [-0.2, -0.15) is 0 Å². The standard InChI is InChI=1S/C17H12BrFO/c18-14-8-9-16(19)13(10-14)11-20-17-7-3-5-12-4-1-2-6-15(12)17/h1-10H,11H2. The molecule has 0 aliphatic carbocycles. The number of benzene rings is 3. The molecule has 3 heteroatoms. The monoisotopic (exact) mass is 330 g/mol. The van der Waals surface area contributed by atoms with Crippen molar-refractivity contribution in [1.29, 1.82) is 0 Å². The first kappa shape index (κ1) is 13.1. The van der Waals surface area contributed by atoms with E-state index in [-0.39, 0.29) is 12.4 Å². The van der Waals surface area contributed by atoms with Crippen LogP contribution in [0.2, 0.25) is 0 Å². The summed E-state index contributed by atoms with van der Waals surface area (Å²) < 4.78 is 20.3. The maximum Gasteiger partial charge on any atom is 0.129 e. The third-order valence-electron chi connectivity index (χ3n) is 3.14. The number of fused-ring (bicyclic) bond motifs is 1. The predicted octanol–water partition coefficient (Wildman–Crippen LogP) is 5.32. The summed E-state index contributed by atoms with van der Waals surface area (Å²) in [5.41, 5.74) is 0.535. The van der Waals surface area contributed by atoms with E-state index in [1.807, 2.05) is 42.5 Å². The molecule has 0 N–H and O–H groups in total. The summed E-state index contributed by atoms with van der Waals surface area (Å²) in [6, 6.07) is 18.7. The van der Waals surface area contributed by atoms with Crippen LogP contribution >= 0.6 is 15.9 Å². The van der Waals surface area contributed by atoms with E-state index in [0.29, 0.717) is 5.56 Å². The van der Waals surface area contributed by atoms with Crippen molar-refractivity contribution < 1.29 is 9.13 Å². The van der Waals surface area contributed by atoms with Crippen molar-refractivity contribution >= 4 is 26.7 Å². The smallest absolute Gasteiger partial charge is 0.129 e. The second-order valence-corrected chi connectivity index (χ2v) is 5.42. The first-order valence-electron chi connectivity index (χ1n) is 6.28. The minimum atomic E-state index is -0.256. The van der Waals surface area contributed by atoms with E-state index in [1.165, 1.54) is 6.07 Å². The van der Waals surface area contributed by atoms with Crippen molar-refractivity contribution in [3.63, 3.8) is 0 Å². The molecule has 0 amide bonds. The molecule has 100 valence electrons. The first-order valence-corrected chi connectivity index (χ1v) is 7.08. The molecule has 0 saturated carbocycles. The molecule has 0 saturated heterocycles. The molecule has 0 atom stereocenters. The fraction of sp³-hybridized carbons (Fsp3) is 0.0588. The summed E-state index contributed by atoms with van der Waals surface area (Å²) >= 11 is 3.34. The van der Waals surface area contributed by atoms with Crippen LogP contribution < -0.4 is 4.74 Å². The van der Waals surface area contributed by atoms with E-state index in [0.717, 1.165) is 21.0 Å². The van der Waals surface area contributed by atoms with Gasteiger partial charge in [-0.25, -0.2) is 4.39 Å². The largest absolute Gasteiger partial charge is 0.488 e. The lowest BCUT2D eigenvalue weighted by molar-refractivity contribution is 0.303. The molecule has 3 rings (SSSR count). The second-order valence-electron chi connectivity index (χ2n) is 4.50. The van der Waals surface area contributed by atoms with Gasteiger partial charge in [-0.15, -0.1) is 0 Å². The highest BCUT2D eigenvalue weighted by Crippen LogP contribution is 2.26. The molecule has 0 aliphatic rings. The van der Waals surface area contributed by atoms with Crippen molar-refractivity contribution in [2.75, 3.05) is 0 Å². The molecule has 0 heterocycles. The van der Waals surface area contributed by atoms with E-state index in [9.17, 15) is 4.39 Å². The normalized spacial score (nSPS) is 10.7. The molecule has 3 aromatic rings. The van der Waals surface area contributed by atoms with Gasteiger partial charge in [-0.3, -0.25) is 0 Å². The number of ether oxygens (including phenoxy) is 1. The van der Waals surface area contributed by atoms with Gasteiger partial charge in [0.1, 0.15) is 18.2 Å². The molecule has 20 heavy (non-hydrogen) atoms. The summed E-state index contributed by atoms with van der Waals surface area (Å²) in [5, 5.41) is 2.14. The van der Waals surface area contributed by atoms with Crippen LogP contribution in [0.25, 0.3) is 10.8 Å². The average Bonchev–Trinajstić information content (AvgIpc) is 2.48. The lowest BCUT2D eigenvalue weighted by Gasteiger charge is -2.10. The summed E-state index contributed by atoms with van der Waals surface area (Å²) in [4.78, 5) is 0. The Balaban J connectivity index is 1.89. The van der Waals surface area contributed by atoms with Crippen molar-refractivity contribution in [1.82, 2.24) is 0 Å². The van der Waals surface area contributed by atoms with Crippen LogP contribution in [0.4, 0.5) is 4.39 Å². The van der Waals surface area contributed by atoms with Crippen molar-refractivity contribution in [3.8, 4) is 5.75 Å². The lowest BCUT2D eigenvalue weighted by Crippen LogP contribution is -1.99. The molecule has 1 nitrogen and oxygen atoms in total. The summed E-state index contributed by atoms with van der Waals surface area (Å²) in [5.74, 6) is 0.510. The van der Waals surface area contributed by atoms with Crippen molar-refractivity contribution in [3.05, 3.63) is 76.5 Å². The Labute approximate surface area is 125 Å². The van der Waals surface area contributed by atoms with Crippen LogP contribution in [-0.2, 0) is 6.61 Å². The van der Waals surface area contributed by atoms with Crippen LogP contribution in [0.3, 0.4) is 0 Å². The number of hydrogen-bond donors (Lipinski definition) is 0. The summed E-state index contributed by atoms with van der Waals surface area (Å²) in [6.07, 6.45) is 0. The van der Waals surface area contributed by atoms with Gasteiger partial charge in [0.2, 0.25) is 0 Å². The van der Waals surface area contributed by atoms with Crippen LogP contribution in [0.15, 0.2) is 65.1 Å². The zero-order valence-electron chi connectivity index (χ0n) is 10.6. The highest BCUT2D eigenvalue weighted by molar-refractivity contribution is 9.10. The maximum atomic E-state index is 13.7. The number of hydrogen-bond acceptors (Lipinski definition) is 1. The lowest BCUT2D eigenvalue weighted by atomic mass is 10.1. The third-order valence-corrected chi connectivity index (χ3v) is 3.63. The molecule has 0 radical (unpaired) electrons. The van der Waals surface area contributed by atoms with Crippen LogP contribution in [-0.4, -0.2) is 0 Å². The Morgan fingerprint density at radius 3 is 2.65 bits per heavy atom. The van der Waals surface area contributed by atoms with Gasteiger partial charge < -0.3 is 4.74 Å². The molecule has 0 fully saturated rings. The Bertz CT molecular complexity index is 750. The van der Waals surface area contributed by atoms with E-state index in [4.69, 9.17) is 4.74 Å². The van der Waals surface area contributed by atoms with Crippen LogP contribution in [0.5, 0.6) is 5.75 Å². The molecule has 0 spiro atoms. The minimum absolute atomic E-state index is 0.208. The highest BCUT2D eigenvalue weighted by Gasteiger charge is 2.06. The van der Waals surface area contributed by atoms with Crippen LogP contribution in [0, 0.1) is 5.82 Å². The quantitative estimate of drug-likeness (QED) is 0.631. The molecule has 3 aromatic carbocycles. The van der Waals surface area contributed by atoms with Gasteiger partial charge in [-0.05, 0) is 29.7 Å². The average molecular weight is 331 g/mol. The SMILES string of the molecule is Fc1ccc(Br)cc1COc1cccc2ccccc12. The zero-order valence-corrected chi connectivity index (χ0v) is 12.2. The third kappa shape index (κ3) is 2.68. The molecule has 0 aromatic heterocycles. The Kier molecular flexibility index (Phi) is 3.70. The Morgan fingerprint density at radius 1 is 0.950 bits per heavy atom. The number of halogens is 2. The minimum Gasteiger partial charge on any atom is -0.488 e. The van der Waals surface area contributed by atoms with E-state index in [1.54, 1.807) is 12.1 Å². The van der Waals surface area contributed by atoms with Gasteiger partial charge >= 0.3 is 0 Å². The highest BCUT2D eigenvalue weighted by atomic mass is 79.9. The van der Waals surface area contributed by atoms with Gasteiger partial charge in [0, 0.05) is 15.4 Å². The zero-order chi connectivity index (χ0) is 13.9. The van der Waals surface area contributed by atoms with Crippen molar-refractivity contribution in [2.45, 2.75) is 6.61 Å². The molecular weight excluding hydrogens is 319 g/mol. The van der Waals surface area contributed by atoms with Gasteiger partial charge in [0.25, 0.3) is 0 Å². The first-order chi connectivity index (χ1) is 9.74. The number of rotatable bonds is 3. The Hall–Kier alpha value is -1.87. The second kappa shape index (κ2) is 5.63. The van der Waals surface area contributed by atoms with E-state index in [2.05, 4.69) is 15.9 Å². The Morgan fingerprint density at radius 2 is 1.75 bits per heavy atom. The van der Waals surface area contributed by atoms with E-state index >= 15 is 0 Å². The fourth-order valence-corrected chi connectivity index (χ4v) is 2.54. The molecular formula is C17H12BrFO. The van der Waals surface area contributed by atoms with Gasteiger partial charge in [0.05, 0.1) is 0 Å². The molecule has 0 aliphatic heterocycles. The fourth-order valence-electron chi connectivity index (χ4n) is 2.13. The summed E-state index contributed by atoms with van der Waals surface area (Å²) in [7, 11) is 0.